The first kappa shape index (κ1) is 13.1. The second kappa shape index (κ2) is 12.1. The van der Waals surface area contributed by atoms with Crippen LogP contribution >= 0.6 is 0 Å². The Morgan fingerprint density at radius 2 is 1.45 bits per heavy atom. The number of rotatable bonds is 5. The third kappa shape index (κ3) is 9.44. The van der Waals surface area contributed by atoms with Crippen molar-refractivity contribution in [3.63, 3.8) is 0 Å². The molecule has 0 aliphatic rings. The molecule has 66 valence electrons. The topological polar surface area (TPSA) is 3.24 Å². The van der Waals surface area contributed by atoms with Crippen LogP contribution in [0.3, 0.4) is 0 Å². The highest BCUT2D eigenvalue weighted by molar-refractivity contribution is 4.78. The smallest absolute Gasteiger partial charge is 0.0163 e. The molecule has 0 unspecified atom stereocenters. The Hall–Kier alpha value is -0.560. The Labute approximate surface area is 71.4 Å². The fraction of sp³-hybridized carbons (Fsp3) is 0.600. The minimum Gasteiger partial charge on any atom is -0.296 e. The molecule has 0 spiro atoms. The molecule has 11 heavy (non-hydrogen) atoms. The predicted molar refractivity (Wildman–Crippen MR) is 53.9 cm³/mol. The van der Waals surface area contributed by atoms with E-state index in [1.807, 2.05) is 26.0 Å². The van der Waals surface area contributed by atoms with Gasteiger partial charge >= 0.3 is 0 Å². The van der Waals surface area contributed by atoms with Gasteiger partial charge in [0.2, 0.25) is 0 Å². The summed E-state index contributed by atoms with van der Waals surface area (Å²) in [5, 5.41) is 0. The molecule has 0 heterocycles. The van der Waals surface area contributed by atoms with Gasteiger partial charge in [-0.3, -0.25) is 4.90 Å². The molecule has 1 nitrogen and oxygen atoms in total. The van der Waals surface area contributed by atoms with Gasteiger partial charge in [0, 0.05) is 13.1 Å². The minimum atomic E-state index is 0.961. The first-order chi connectivity index (χ1) is 5.35. The van der Waals surface area contributed by atoms with Crippen molar-refractivity contribution < 1.29 is 0 Å². The third-order valence-electron chi connectivity index (χ3n) is 1.22. The van der Waals surface area contributed by atoms with Gasteiger partial charge < -0.3 is 0 Å². The molecule has 0 rings (SSSR count). The molecule has 0 amide bonds. The van der Waals surface area contributed by atoms with Gasteiger partial charge in [0.15, 0.2) is 0 Å². The Kier molecular flexibility index (Phi) is 14.4. The first-order valence-electron chi connectivity index (χ1n) is 4.29. The lowest BCUT2D eigenvalue weighted by Crippen LogP contribution is -2.22. The van der Waals surface area contributed by atoms with Crippen LogP contribution in [0.25, 0.3) is 0 Å². The number of hydrogen-bond donors (Lipinski definition) is 0. The molecule has 0 aliphatic heterocycles. The van der Waals surface area contributed by atoms with Crippen LogP contribution in [0.4, 0.5) is 0 Å². The van der Waals surface area contributed by atoms with Crippen LogP contribution < -0.4 is 0 Å². The van der Waals surface area contributed by atoms with Crippen LogP contribution in [-0.4, -0.2) is 24.5 Å². The van der Waals surface area contributed by atoms with E-state index in [1.165, 1.54) is 0 Å². The number of hydrogen-bond acceptors (Lipinski definition) is 1. The Morgan fingerprint density at radius 1 is 1.09 bits per heavy atom. The summed E-state index contributed by atoms with van der Waals surface area (Å²) in [6, 6.07) is 0. The van der Waals surface area contributed by atoms with Gasteiger partial charge in [-0.1, -0.05) is 32.9 Å². The molecule has 0 N–H and O–H groups in total. The van der Waals surface area contributed by atoms with Gasteiger partial charge in [-0.2, -0.15) is 0 Å². The average molecular weight is 155 g/mol. The summed E-state index contributed by atoms with van der Waals surface area (Å²) < 4.78 is 0. The van der Waals surface area contributed by atoms with Crippen LogP contribution in [-0.2, 0) is 0 Å². The largest absolute Gasteiger partial charge is 0.296 e. The maximum absolute atomic E-state index is 3.65. The van der Waals surface area contributed by atoms with Gasteiger partial charge in [-0.25, -0.2) is 0 Å². The molecule has 0 radical (unpaired) electrons. The molecule has 0 saturated carbocycles. The van der Waals surface area contributed by atoms with Gasteiger partial charge in [0.1, 0.15) is 0 Å². The molecule has 0 aromatic heterocycles. The number of likely N-dealkylation sites (N-methyl/N-ethyl adjacent to an activating group) is 1. The van der Waals surface area contributed by atoms with E-state index in [0.29, 0.717) is 0 Å². The van der Waals surface area contributed by atoms with Gasteiger partial charge in [0.25, 0.3) is 0 Å². The normalized spacial score (nSPS) is 8.36. The second-order valence-corrected chi connectivity index (χ2v) is 1.93. The van der Waals surface area contributed by atoms with E-state index < -0.39 is 0 Å². The molecule has 0 saturated heterocycles. The SMILES string of the molecule is C=CCN(CC)CC=C.CC. The van der Waals surface area contributed by atoms with Crippen LogP contribution in [0.2, 0.25) is 0 Å². The van der Waals surface area contributed by atoms with Crippen molar-refractivity contribution >= 4 is 0 Å². The minimum absolute atomic E-state index is 0.961. The zero-order valence-corrected chi connectivity index (χ0v) is 8.14. The summed E-state index contributed by atoms with van der Waals surface area (Å²) in [4.78, 5) is 2.25. The predicted octanol–water partition coefficient (Wildman–Crippen LogP) is 2.71. The summed E-state index contributed by atoms with van der Waals surface area (Å²) in [5.41, 5.74) is 0. The van der Waals surface area contributed by atoms with E-state index in [1.54, 1.807) is 0 Å². The van der Waals surface area contributed by atoms with Gasteiger partial charge in [-0.15, -0.1) is 13.2 Å². The molecular weight excluding hydrogens is 134 g/mol. The Balaban J connectivity index is 0. The molecular formula is C10H21N. The Bertz CT molecular complexity index is 76.9. The molecule has 0 bridgehead atoms. The van der Waals surface area contributed by atoms with Crippen LogP contribution in [0.15, 0.2) is 25.3 Å². The van der Waals surface area contributed by atoms with Crippen LogP contribution in [0.5, 0.6) is 0 Å². The zero-order chi connectivity index (χ0) is 9.11. The standard InChI is InChI=1S/C8H15N.C2H6/c1-4-7-9(6-3)8-5-2;1-2/h4-5H,1-2,6-8H2,3H3;1-2H3. The van der Waals surface area contributed by atoms with Crippen molar-refractivity contribution in [1.29, 1.82) is 0 Å². The first-order valence-corrected chi connectivity index (χ1v) is 4.29. The highest BCUT2D eigenvalue weighted by Crippen LogP contribution is 1.86. The Morgan fingerprint density at radius 3 is 1.64 bits per heavy atom. The van der Waals surface area contributed by atoms with Crippen molar-refractivity contribution in [2.75, 3.05) is 19.6 Å². The van der Waals surface area contributed by atoms with Crippen molar-refractivity contribution in [3.05, 3.63) is 25.3 Å². The summed E-state index contributed by atoms with van der Waals surface area (Å²) in [6.45, 7) is 16.4. The fourth-order valence-electron chi connectivity index (χ4n) is 0.698. The lowest BCUT2D eigenvalue weighted by molar-refractivity contribution is 0.355. The van der Waals surface area contributed by atoms with E-state index in [-0.39, 0.29) is 0 Å². The van der Waals surface area contributed by atoms with Gasteiger partial charge in [-0.05, 0) is 6.54 Å². The van der Waals surface area contributed by atoms with Crippen molar-refractivity contribution in [3.8, 4) is 0 Å². The molecule has 0 aromatic carbocycles. The quantitative estimate of drug-likeness (QED) is 0.552. The molecule has 0 aromatic rings. The lowest BCUT2D eigenvalue weighted by atomic mass is 10.4. The van der Waals surface area contributed by atoms with Crippen LogP contribution in [0.1, 0.15) is 20.8 Å². The van der Waals surface area contributed by atoms with E-state index >= 15 is 0 Å². The molecule has 0 aliphatic carbocycles. The maximum Gasteiger partial charge on any atom is 0.0163 e. The van der Waals surface area contributed by atoms with Gasteiger partial charge in [0.05, 0.1) is 0 Å². The van der Waals surface area contributed by atoms with Crippen molar-refractivity contribution in [1.82, 2.24) is 4.90 Å². The van der Waals surface area contributed by atoms with E-state index in [4.69, 9.17) is 0 Å². The monoisotopic (exact) mass is 155 g/mol. The number of nitrogens with zero attached hydrogens (tertiary/aromatic N) is 1. The third-order valence-corrected chi connectivity index (χ3v) is 1.22. The summed E-state index contributed by atoms with van der Waals surface area (Å²) in [7, 11) is 0. The van der Waals surface area contributed by atoms with E-state index in [2.05, 4.69) is 25.0 Å². The van der Waals surface area contributed by atoms with Crippen LogP contribution in [0, 0.1) is 0 Å². The average Bonchev–Trinajstić information content (AvgIpc) is 2.08. The zero-order valence-electron chi connectivity index (χ0n) is 8.14. The van der Waals surface area contributed by atoms with E-state index in [9.17, 15) is 0 Å². The molecule has 0 atom stereocenters. The fourth-order valence-corrected chi connectivity index (χ4v) is 0.698. The highest BCUT2D eigenvalue weighted by Gasteiger charge is 1.92. The van der Waals surface area contributed by atoms with E-state index in [0.717, 1.165) is 19.6 Å². The summed E-state index contributed by atoms with van der Waals surface area (Å²) >= 11 is 0. The van der Waals surface area contributed by atoms with Crippen molar-refractivity contribution in [2.24, 2.45) is 0 Å². The molecule has 0 fully saturated rings. The maximum atomic E-state index is 3.65. The van der Waals surface area contributed by atoms with Crippen molar-refractivity contribution in [2.45, 2.75) is 20.8 Å². The second-order valence-electron chi connectivity index (χ2n) is 1.93. The highest BCUT2D eigenvalue weighted by atomic mass is 15.1. The molecule has 1 heteroatoms. The lowest BCUT2D eigenvalue weighted by Gasteiger charge is -2.14. The summed E-state index contributed by atoms with van der Waals surface area (Å²) in [5.74, 6) is 0. The summed E-state index contributed by atoms with van der Waals surface area (Å²) in [6.07, 6.45) is 3.82.